The van der Waals surface area contributed by atoms with Gasteiger partial charge in [0.15, 0.2) is 11.6 Å². The molecular weight excluding hydrogens is 302 g/mol. The van der Waals surface area contributed by atoms with Gasteiger partial charge in [-0.2, -0.15) is 0 Å². The third-order valence-electron chi connectivity index (χ3n) is 2.98. The Labute approximate surface area is 126 Å². The van der Waals surface area contributed by atoms with Gasteiger partial charge in [0.05, 0.1) is 13.2 Å². The van der Waals surface area contributed by atoms with E-state index in [1.165, 1.54) is 13.2 Å². The lowest BCUT2D eigenvalue weighted by Gasteiger charge is -2.20. The van der Waals surface area contributed by atoms with Crippen LogP contribution in [0.4, 0.5) is 4.39 Å². The van der Waals surface area contributed by atoms with Crippen LogP contribution in [0.3, 0.4) is 0 Å². The summed E-state index contributed by atoms with van der Waals surface area (Å²) in [4.78, 5) is 0. The van der Waals surface area contributed by atoms with Crippen LogP contribution in [0, 0.1) is 5.82 Å². The van der Waals surface area contributed by atoms with E-state index in [0.29, 0.717) is 21.2 Å². The molecule has 2 aromatic rings. The molecule has 3 N–H and O–H groups in total. The first-order valence-electron chi connectivity index (χ1n) is 5.82. The SMILES string of the molecule is COc1cccc(C(NN)c2c(Cl)cccc2Cl)c1F. The third kappa shape index (κ3) is 2.74. The maximum atomic E-state index is 14.4. The lowest BCUT2D eigenvalue weighted by atomic mass is 9.98. The van der Waals surface area contributed by atoms with Crippen LogP contribution in [-0.2, 0) is 0 Å². The van der Waals surface area contributed by atoms with E-state index in [0.717, 1.165) is 0 Å². The van der Waals surface area contributed by atoms with Gasteiger partial charge in [-0.3, -0.25) is 5.84 Å². The van der Waals surface area contributed by atoms with E-state index in [1.54, 1.807) is 30.3 Å². The van der Waals surface area contributed by atoms with Crippen LogP contribution in [0.5, 0.6) is 5.75 Å². The number of rotatable bonds is 4. The Morgan fingerprint density at radius 2 is 1.75 bits per heavy atom. The summed E-state index contributed by atoms with van der Waals surface area (Å²) >= 11 is 12.3. The minimum Gasteiger partial charge on any atom is -0.494 e. The van der Waals surface area contributed by atoms with Crippen molar-refractivity contribution in [2.75, 3.05) is 7.11 Å². The number of benzene rings is 2. The molecule has 0 spiro atoms. The van der Waals surface area contributed by atoms with Gasteiger partial charge in [0, 0.05) is 21.2 Å². The van der Waals surface area contributed by atoms with Gasteiger partial charge in [-0.15, -0.1) is 0 Å². The molecule has 0 saturated carbocycles. The van der Waals surface area contributed by atoms with Crippen LogP contribution in [0.1, 0.15) is 17.2 Å². The molecular formula is C14H13Cl2FN2O. The highest BCUT2D eigenvalue weighted by atomic mass is 35.5. The molecule has 6 heteroatoms. The predicted molar refractivity (Wildman–Crippen MR) is 78.6 cm³/mol. The zero-order valence-corrected chi connectivity index (χ0v) is 12.2. The Morgan fingerprint density at radius 1 is 1.15 bits per heavy atom. The minimum atomic E-state index is -0.675. The molecule has 0 aromatic heterocycles. The average molecular weight is 315 g/mol. The molecule has 2 aromatic carbocycles. The van der Waals surface area contributed by atoms with Crippen molar-refractivity contribution in [1.82, 2.24) is 5.43 Å². The normalized spacial score (nSPS) is 12.2. The summed E-state index contributed by atoms with van der Waals surface area (Å²) in [5.74, 6) is 5.19. The summed E-state index contributed by atoms with van der Waals surface area (Å²) in [7, 11) is 1.40. The number of halogens is 3. The van der Waals surface area contributed by atoms with Gasteiger partial charge in [0.1, 0.15) is 0 Å². The summed E-state index contributed by atoms with van der Waals surface area (Å²) in [6, 6.07) is 9.18. The smallest absolute Gasteiger partial charge is 0.170 e. The Hall–Kier alpha value is -1.33. The second kappa shape index (κ2) is 6.41. The molecule has 0 amide bonds. The number of hydrogen-bond acceptors (Lipinski definition) is 3. The van der Waals surface area contributed by atoms with Crippen LogP contribution in [0.25, 0.3) is 0 Å². The van der Waals surface area contributed by atoms with Crippen molar-refractivity contribution in [1.29, 1.82) is 0 Å². The minimum absolute atomic E-state index is 0.130. The van der Waals surface area contributed by atoms with Gasteiger partial charge < -0.3 is 4.74 Å². The molecule has 2 rings (SSSR count). The molecule has 0 radical (unpaired) electrons. The third-order valence-corrected chi connectivity index (χ3v) is 3.64. The highest BCUT2D eigenvalue weighted by molar-refractivity contribution is 6.36. The Bertz CT molecular complexity index is 602. The van der Waals surface area contributed by atoms with Crippen LogP contribution in [0.15, 0.2) is 36.4 Å². The fourth-order valence-corrected chi connectivity index (χ4v) is 2.64. The molecule has 3 nitrogen and oxygen atoms in total. The highest BCUT2D eigenvalue weighted by Gasteiger charge is 2.23. The molecule has 0 aliphatic carbocycles. The van der Waals surface area contributed by atoms with E-state index in [1.807, 2.05) is 0 Å². The summed E-state index contributed by atoms with van der Waals surface area (Å²) in [5, 5.41) is 0.810. The largest absolute Gasteiger partial charge is 0.494 e. The summed E-state index contributed by atoms with van der Waals surface area (Å²) in [5.41, 5.74) is 3.37. The van der Waals surface area contributed by atoms with Crippen molar-refractivity contribution in [2.45, 2.75) is 6.04 Å². The van der Waals surface area contributed by atoms with Crippen molar-refractivity contribution < 1.29 is 9.13 Å². The summed E-state index contributed by atoms with van der Waals surface area (Å²) < 4.78 is 19.3. The van der Waals surface area contributed by atoms with E-state index >= 15 is 0 Å². The van der Waals surface area contributed by atoms with Crippen molar-refractivity contribution in [2.24, 2.45) is 5.84 Å². The summed E-state index contributed by atoms with van der Waals surface area (Å²) in [6.07, 6.45) is 0. The van der Waals surface area contributed by atoms with Crippen LogP contribution in [-0.4, -0.2) is 7.11 Å². The van der Waals surface area contributed by atoms with E-state index in [2.05, 4.69) is 5.43 Å². The van der Waals surface area contributed by atoms with E-state index in [4.69, 9.17) is 33.8 Å². The number of nitrogens with one attached hydrogen (secondary N) is 1. The van der Waals surface area contributed by atoms with Crippen LogP contribution in [0.2, 0.25) is 10.0 Å². The van der Waals surface area contributed by atoms with E-state index < -0.39 is 11.9 Å². The standard InChI is InChI=1S/C14H13Cl2FN2O/c1-20-11-7-2-4-8(13(11)17)14(19-18)12-9(15)5-3-6-10(12)16/h2-7,14,19H,18H2,1H3. The van der Waals surface area contributed by atoms with Gasteiger partial charge >= 0.3 is 0 Å². The first kappa shape index (κ1) is 15.1. The van der Waals surface area contributed by atoms with Gasteiger partial charge in [0.2, 0.25) is 0 Å². The van der Waals surface area contributed by atoms with Crippen molar-refractivity contribution >= 4 is 23.2 Å². The van der Waals surface area contributed by atoms with E-state index in [9.17, 15) is 4.39 Å². The highest BCUT2D eigenvalue weighted by Crippen LogP contribution is 2.36. The Kier molecular flexibility index (Phi) is 4.83. The second-order valence-corrected chi connectivity index (χ2v) is 4.91. The molecule has 106 valence electrons. The van der Waals surface area contributed by atoms with Gasteiger partial charge in [-0.05, 0) is 18.2 Å². The van der Waals surface area contributed by atoms with Crippen molar-refractivity contribution in [3.05, 3.63) is 63.4 Å². The molecule has 0 saturated heterocycles. The zero-order chi connectivity index (χ0) is 14.7. The molecule has 20 heavy (non-hydrogen) atoms. The molecule has 0 aliphatic rings. The topological polar surface area (TPSA) is 47.3 Å². The number of nitrogens with two attached hydrogens (primary N) is 1. The molecule has 0 bridgehead atoms. The van der Waals surface area contributed by atoms with Crippen molar-refractivity contribution in [3.8, 4) is 5.75 Å². The lowest BCUT2D eigenvalue weighted by Crippen LogP contribution is -2.30. The molecule has 0 fully saturated rings. The van der Waals surface area contributed by atoms with E-state index in [-0.39, 0.29) is 5.75 Å². The van der Waals surface area contributed by atoms with Gasteiger partial charge in [0.25, 0.3) is 0 Å². The molecule has 1 atom stereocenters. The van der Waals surface area contributed by atoms with Crippen LogP contribution >= 0.6 is 23.2 Å². The maximum absolute atomic E-state index is 14.4. The van der Waals surface area contributed by atoms with Crippen LogP contribution < -0.4 is 16.0 Å². The predicted octanol–water partition coefficient (Wildman–Crippen LogP) is 3.69. The molecule has 0 heterocycles. The second-order valence-electron chi connectivity index (χ2n) is 4.10. The first-order chi connectivity index (χ1) is 9.60. The van der Waals surface area contributed by atoms with Gasteiger partial charge in [-0.25, -0.2) is 9.82 Å². The van der Waals surface area contributed by atoms with Crippen molar-refractivity contribution in [3.63, 3.8) is 0 Å². The fraction of sp³-hybridized carbons (Fsp3) is 0.143. The first-order valence-corrected chi connectivity index (χ1v) is 6.58. The fourth-order valence-electron chi connectivity index (χ4n) is 2.02. The zero-order valence-electron chi connectivity index (χ0n) is 10.7. The molecule has 1 unspecified atom stereocenters. The quantitative estimate of drug-likeness (QED) is 0.668. The monoisotopic (exact) mass is 314 g/mol. The number of hydrazine groups is 1. The Balaban J connectivity index is 2.59. The number of hydrogen-bond donors (Lipinski definition) is 2. The number of ether oxygens (including phenoxy) is 1. The summed E-state index contributed by atoms with van der Waals surface area (Å²) in [6.45, 7) is 0. The Morgan fingerprint density at radius 3 is 2.30 bits per heavy atom. The lowest BCUT2D eigenvalue weighted by molar-refractivity contribution is 0.381. The van der Waals surface area contributed by atoms with Gasteiger partial charge in [-0.1, -0.05) is 41.4 Å². The number of methoxy groups -OCH3 is 1. The maximum Gasteiger partial charge on any atom is 0.170 e. The molecule has 0 aliphatic heterocycles. The average Bonchev–Trinajstić information content (AvgIpc) is 2.44.